The van der Waals surface area contributed by atoms with E-state index in [1.54, 1.807) is 17.0 Å². The maximum absolute atomic E-state index is 13.9. The van der Waals surface area contributed by atoms with Gasteiger partial charge in [-0.2, -0.15) is 4.39 Å². The molecule has 0 fully saturated rings. The number of imidazole rings is 1. The Hall–Kier alpha value is -2.28. The summed E-state index contributed by atoms with van der Waals surface area (Å²) >= 11 is 0. The minimum atomic E-state index is -0.806. The van der Waals surface area contributed by atoms with Gasteiger partial charge in [-0.25, -0.2) is 4.98 Å². The lowest BCUT2D eigenvalue weighted by atomic mass is 10.2. The number of nitrogens with zero attached hydrogens (tertiary/aromatic N) is 3. The zero-order chi connectivity index (χ0) is 13.8. The monoisotopic (exact) mass is 264 g/mol. The Labute approximate surface area is 108 Å². The van der Waals surface area contributed by atoms with Crippen molar-refractivity contribution < 1.29 is 9.31 Å². The van der Waals surface area contributed by atoms with Crippen LogP contribution in [0.25, 0.3) is 0 Å². The van der Waals surface area contributed by atoms with Gasteiger partial charge in [0.1, 0.15) is 5.82 Å². The Bertz CT molecular complexity index is 597. The number of nitro benzene ring substituents is 1. The topological polar surface area (TPSA) is 87.0 Å². The SMILES string of the molecule is NCCc1nccn1Cc1cccc([N+](=O)[O-])c1F. The molecule has 100 valence electrons. The fourth-order valence-corrected chi connectivity index (χ4v) is 1.85. The van der Waals surface area contributed by atoms with E-state index in [4.69, 9.17) is 5.73 Å². The van der Waals surface area contributed by atoms with Crippen molar-refractivity contribution in [1.82, 2.24) is 9.55 Å². The van der Waals surface area contributed by atoms with E-state index in [9.17, 15) is 14.5 Å². The Kier molecular flexibility index (Phi) is 3.86. The number of rotatable bonds is 5. The summed E-state index contributed by atoms with van der Waals surface area (Å²) < 4.78 is 15.7. The van der Waals surface area contributed by atoms with Gasteiger partial charge in [0.25, 0.3) is 0 Å². The summed E-state index contributed by atoms with van der Waals surface area (Å²) in [6.45, 7) is 0.636. The predicted molar refractivity (Wildman–Crippen MR) is 67.1 cm³/mol. The maximum atomic E-state index is 13.9. The highest BCUT2D eigenvalue weighted by Crippen LogP contribution is 2.21. The van der Waals surface area contributed by atoms with E-state index in [0.29, 0.717) is 13.0 Å². The molecule has 0 unspecified atom stereocenters. The molecule has 7 heteroatoms. The highest BCUT2D eigenvalue weighted by atomic mass is 19.1. The number of hydrogen-bond donors (Lipinski definition) is 1. The van der Waals surface area contributed by atoms with Crippen LogP contribution in [0.5, 0.6) is 0 Å². The van der Waals surface area contributed by atoms with Crippen LogP contribution in [0, 0.1) is 15.9 Å². The molecule has 0 saturated heterocycles. The molecule has 0 spiro atoms. The van der Waals surface area contributed by atoms with Gasteiger partial charge in [-0.05, 0) is 6.54 Å². The number of nitrogens with two attached hydrogens (primary N) is 1. The van der Waals surface area contributed by atoms with Crippen LogP contribution >= 0.6 is 0 Å². The molecule has 1 aromatic carbocycles. The van der Waals surface area contributed by atoms with Crippen molar-refractivity contribution in [3.05, 3.63) is 57.9 Å². The van der Waals surface area contributed by atoms with Crippen molar-refractivity contribution in [2.24, 2.45) is 5.73 Å². The Balaban J connectivity index is 2.31. The third-order valence-corrected chi connectivity index (χ3v) is 2.77. The van der Waals surface area contributed by atoms with Crippen molar-refractivity contribution in [3.63, 3.8) is 0 Å². The zero-order valence-electron chi connectivity index (χ0n) is 10.1. The summed E-state index contributed by atoms with van der Waals surface area (Å²) in [5.74, 6) is -0.0756. The molecule has 2 rings (SSSR count). The van der Waals surface area contributed by atoms with Gasteiger partial charge in [-0.15, -0.1) is 0 Å². The molecule has 19 heavy (non-hydrogen) atoms. The van der Waals surface area contributed by atoms with Crippen LogP contribution in [0.15, 0.2) is 30.6 Å². The lowest BCUT2D eigenvalue weighted by Crippen LogP contribution is -2.11. The summed E-state index contributed by atoms with van der Waals surface area (Å²) in [5, 5.41) is 10.7. The first-order chi connectivity index (χ1) is 9.13. The predicted octanol–water partition coefficient (Wildman–Crippen LogP) is 1.48. The molecular weight excluding hydrogens is 251 g/mol. The van der Waals surface area contributed by atoms with Crippen LogP contribution in [0.1, 0.15) is 11.4 Å². The van der Waals surface area contributed by atoms with Gasteiger partial charge in [0.2, 0.25) is 5.82 Å². The van der Waals surface area contributed by atoms with Gasteiger partial charge >= 0.3 is 5.69 Å². The van der Waals surface area contributed by atoms with E-state index in [1.165, 1.54) is 12.1 Å². The molecule has 2 N–H and O–H groups in total. The van der Waals surface area contributed by atoms with Crippen LogP contribution < -0.4 is 5.73 Å². The highest BCUT2D eigenvalue weighted by Gasteiger charge is 2.17. The molecular formula is C12H13FN4O2. The van der Waals surface area contributed by atoms with Gasteiger partial charge in [0.15, 0.2) is 0 Å². The fraction of sp³-hybridized carbons (Fsp3) is 0.250. The molecule has 1 aromatic heterocycles. The third kappa shape index (κ3) is 2.76. The maximum Gasteiger partial charge on any atom is 0.305 e. The van der Waals surface area contributed by atoms with E-state index >= 15 is 0 Å². The average molecular weight is 264 g/mol. The van der Waals surface area contributed by atoms with Crippen LogP contribution in [0.4, 0.5) is 10.1 Å². The molecule has 0 bridgehead atoms. The van der Waals surface area contributed by atoms with Crippen LogP contribution in [0.3, 0.4) is 0 Å². The minimum absolute atomic E-state index is 0.197. The number of halogens is 1. The van der Waals surface area contributed by atoms with E-state index in [0.717, 1.165) is 11.9 Å². The second-order valence-corrected chi connectivity index (χ2v) is 4.02. The number of hydrogen-bond acceptors (Lipinski definition) is 4. The average Bonchev–Trinajstić information content (AvgIpc) is 2.79. The molecule has 0 aliphatic heterocycles. The Morgan fingerprint density at radius 2 is 2.26 bits per heavy atom. The van der Waals surface area contributed by atoms with Gasteiger partial charge in [0.05, 0.1) is 11.5 Å². The third-order valence-electron chi connectivity index (χ3n) is 2.77. The summed E-state index contributed by atoms with van der Waals surface area (Å²) in [5.41, 5.74) is 5.20. The van der Waals surface area contributed by atoms with Crippen molar-refractivity contribution in [1.29, 1.82) is 0 Å². The Morgan fingerprint density at radius 3 is 2.95 bits per heavy atom. The van der Waals surface area contributed by atoms with Crippen LogP contribution in [0.2, 0.25) is 0 Å². The smallest absolute Gasteiger partial charge is 0.305 e. The van der Waals surface area contributed by atoms with Crippen molar-refractivity contribution in [3.8, 4) is 0 Å². The first-order valence-corrected chi connectivity index (χ1v) is 5.75. The van der Waals surface area contributed by atoms with Crippen molar-refractivity contribution in [2.45, 2.75) is 13.0 Å². The van der Waals surface area contributed by atoms with Crippen molar-refractivity contribution in [2.75, 3.05) is 6.54 Å². The number of aromatic nitrogens is 2. The standard InChI is InChI=1S/C12H13FN4O2/c13-12-9(2-1-3-10(12)17(18)19)8-16-7-6-15-11(16)4-5-14/h1-3,6-7H,4-5,8,14H2. The fourth-order valence-electron chi connectivity index (χ4n) is 1.85. The first kappa shape index (κ1) is 13.2. The van der Waals surface area contributed by atoms with Crippen LogP contribution in [-0.2, 0) is 13.0 Å². The molecule has 0 atom stereocenters. The summed E-state index contributed by atoms with van der Waals surface area (Å²) in [7, 11) is 0. The first-order valence-electron chi connectivity index (χ1n) is 5.75. The van der Waals surface area contributed by atoms with Gasteiger partial charge in [-0.3, -0.25) is 10.1 Å². The lowest BCUT2D eigenvalue weighted by Gasteiger charge is -2.08. The Morgan fingerprint density at radius 1 is 1.47 bits per heavy atom. The molecule has 6 nitrogen and oxygen atoms in total. The summed E-state index contributed by atoms with van der Waals surface area (Å²) in [4.78, 5) is 14.1. The van der Waals surface area contributed by atoms with Crippen LogP contribution in [-0.4, -0.2) is 21.0 Å². The molecule has 0 aliphatic rings. The van der Waals surface area contributed by atoms with E-state index in [2.05, 4.69) is 4.98 Å². The number of benzene rings is 1. The summed E-state index contributed by atoms with van der Waals surface area (Å²) in [6.07, 6.45) is 3.87. The quantitative estimate of drug-likeness (QED) is 0.654. The van der Waals surface area contributed by atoms with Gasteiger partial charge < -0.3 is 10.3 Å². The van der Waals surface area contributed by atoms with Crippen molar-refractivity contribution >= 4 is 5.69 Å². The van der Waals surface area contributed by atoms with E-state index < -0.39 is 16.4 Å². The summed E-state index contributed by atoms with van der Waals surface area (Å²) in [6, 6.07) is 4.14. The number of nitro groups is 1. The highest BCUT2D eigenvalue weighted by molar-refractivity contribution is 5.36. The minimum Gasteiger partial charge on any atom is -0.330 e. The van der Waals surface area contributed by atoms with E-state index in [1.807, 2.05) is 0 Å². The molecule has 0 saturated carbocycles. The largest absolute Gasteiger partial charge is 0.330 e. The molecule has 0 amide bonds. The molecule has 0 radical (unpaired) electrons. The lowest BCUT2D eigenvalue weighted by molar-refractivity contribution is -0.387. The molecule has 1 heterocycles. The second kappa shape index (κ2) is 5.57. The van der Waals surface area contributed by atoms with Gasteiger partial charge in [0, 0.05) is 30.4 Å². The van der Waals surface area contributed by atoms with Gasteiger partial charge in [-0.1, -0.05) is 12.1 Å². The molecule has 0 aliphatic carbocycles. The zero-order valence-corrected chi connectivity index (χ0v) is 10.1. The normalized spacial score (nSPS) is 10.6. The molecule has 2 aromatic rings. The van der Waals surface area contributed by atoms with E-state index in [-0.39, 0.29) is 12.1 Å². The second-order valence-electron chi connectivity index (χ2n) is 4.02.